The van der Waals surface area contributed by atoms with Crippen LogP contribution >= 0.6 is 22.9 Å². The predicted octanol–water partition coefficient (Wildman–Crippen LogP) is 3.24. The number of carbonyl (C=O) groups is 1. The lowest BCUT2D eigenvalue weighted by Crippen LogP contribution is -2.51. The second kappa shape index (κ2) is 7.96. The van der Waals surface area contributed by atoms with Gasteiger partial charge in [-0.05, 0) is 41.3 Å². The van der Waals surface area contributed by atoms with Crippen molar-refractivity contribution in [1.29, 1.82) is 0 Å². The molecule has 11 heteroatoms. The maximum absolute atomic E-state index is 13.1. The molecule has 2 aromatic carbocycles. The number of carbonyl (C=O) groups excluding carboxylic acids is 1. The number of halogens is 1. The van der Waals surface area contributed by atoms with E-state index in [1.54, 1.807) is 41.3 Å². The molecule has 1 aliphatic heterocycles. The number of sulfonamides is 1. The monoisotopic (exact) mass is 488 g/mol. The second-order valence-electron chi connectivity index (χ2n) is 7.45. The van der Waals surface area contributed by atoms with Crippen LogP contribution < -0.4 is 0 Å². The lowest BCUT2D eigenvalue weighted by Gasteiger charge is -2.33. The molecule has 1 amide bonds. The summed E-state index contributed by atoms with van der Waals surface area (Å²) in [4.78, 5) is 22.3. The number of fused-ring (bicyclic) bond motifs is 2. The lowest BCUT2D eigenvalue weighted by atomic mass is 10.1. The molecular weight excluding hydrogens is 472 g/mol. The van der Waals surface area contributed by atoms with Gasteiger partial charge in [-0.15, -0.1) is 11.3 Å². The molecule has 0 aliphatic carbocycles. The van der Waals surface area contributed by atoms with Gasteiger partial charge in [-0.2, -0.15) is 4.31 Å². The van der Waals surface area contributed by atoms with Gasteiger partial charge in [-0.3, -0.25) is 4.79 Å². The van der Waals surface area contributed by atoms with E-state index in [1.165, 1.54) is 10.6 Å². The van der Waals surface area contributed by atoms with Gasteiger partial charge >= 0.3 is 0 Å². The average molecular weight is 489 g/mol. The first kappa shape index (κ1) is 21.1. The summed E-state index contributed by atoms with van der Waals surface area (Å²) in [6.07, 6.45) is 1.28. The highest BCUT2D eigenvalue weighted by molar-refractivity contribution is 7.91. The van der Waals surface area contributed by atoms with E-state index < -0.39 is 10.0 Å². The summed E-state index contributed by atoms with van der Waals surface area (Å²) in [6, 6.07) is 12.2. The van der Waals surface area contributed by atoms with E-state index in [-0.39, 0.29) is 35.6 Å². The highest BCUT2D eigenvalue weighted by Crippen LogP contribution is 2.33. The molecule has 32 heavy (non-hydrogen) atoms. The fraction of sp³-hybridized carbons (Fsp3) is 0.190. The summed E-state index contributed by atoms with van der Waals surface area (Å²) in [5.41, 5.74) is 1.40. The van der Waals surface area contributed by atoms with Crippen molar-refractivity contribution in [3.8, 4) is 5.88 Å². The Morgan fingerprint density at radius 2 is 1.94 bits per heavy atom. The Labute approximate surface area is 192 Å². The molecule has 1 aliphatic rings. The van der Waals surface area contributed by atoms with Gasteiger partial charge < -0.3 is 10.0 Å². The van der Waals surface area contributed by atoms with Crippen LogP contribution in [-0.2, 0) is 21.4 Å². The van der Waals surface area contributed by atoms with Gasteiger partial charge in [0.1, 0.15) is 10.5 Å². The second-order valence-corrected chi connectivity index (χ2v) is 11.1. The number of nitrogens with zero attached hydrogens (tertiary/aromatic N) is 4. The van der Waals surface area contributed by atoms with E-state index >= 15 is 0 Å². The Balaban J connectivity index is 1.33. The number of aromatic hydroxyl groups is 1. The number of hydrogen-bond donors (Lipinski definition) is 1. The maximum Gasteiger partial charge on any atom is 0.253 e. The van der Waals surface area contributed by atoms with Crippen LogP contribution in [0.5, 0.6) is 5.88 Å². The molecular formula is C21H17ClN4O4S2. The first-order chi connectivity index (χ1) is 15.3. The molecule has 2 aromatic heterocycles. The zero-order valence-electron chi connectivity index (χ0n) is 16.6. The van der Waals surface area contributed by atoms with Crippen LogP contribution in [-0.4, -0.2) is 58.2 Å². The molecule has 5 rings (SSSR count). The van der Waals surface area contributed by atoms with Crippen LogP contribution in [0.15, 0.2) is 53.0 Å². The molecule has 1 saturated heterocycles. The van der Waals surface area contributed by atoms with Crippen molar-refractivity contribution in [2.75, 3.05) is 19.6 Å². The number of benzene rings is 2. The van der Waals surface area contributed by atoms with Crippen molar-refractivity contribution in [3.05, 3.63) is 59.4 Å². The van der Waals surface area contributed by atoms with Gasteiger partial charge in [0, 0.05) is 29.4 Å². The Hall–Kier alpha value is -2.79. The minimum absolute atomic E-state index is 0.122. The third-order valence-electron chi connectivity index (χ3n) is 5.39. The molecule has 0 atom stereocenters. The molecule has 1 N–H and O–H groups in total. The molecule has 8 nitrogen and oxygen atoms in total. The highest BCUT2D eigenvalue weighted by atomic mass is 35.5. The minimum Gasteiger partial charge on any atom is -0.493 e. The van der Waals surface area contributed by atoms with Crippen LogP contribution in [0.25, 0.3) is 21.0 Å². The summed E-state index contributed by atoms with van der Waals surface area (Å²) < 4.78 is 28.5. The van der Waals surface area contributed by atoms with E-state index in [2.05, 4.69) is 9.97 Å². The Kier molecular flexibility index (Phi) is 5.25. The standard InChI is InChI=1S/C21H17ClN4O4S2/c22-15-3-2-14-8-20(31-18(14)9-15)32(29,30)26-6-5-25(19(27)11-26)10-13-1-4-17-16(7-13)21(28)24-12-23-17/h1-4,7-9,12H,5-6,10-11H2,(H,23,24,28). The normalized spacial score (nSPS) is 15.7. The number of hydrogen-bond acceptors (Lipinski definition) is 7. The predicted molar refractivity (Wildman–Crippen MR) is 122 cm³/mol. The molecule has 1 fully saturated rings. The molecule has 0 bridgehead atoms. The third kappa shape index (κ3) is 3.79. The first-order valence-corrected chi connectivity index (χ1v) is 12.3. The topological polar surface area (TPSA) is 104 Å². The van der Waals surface area contributed by atoms with E-state index in [9.17, 15) is 18.3 Å². The molecule has 4 aromatic rings. The fourth-order valence-corrected chi connectivity index (χ4v) is 6.91. The first-order valence-electron chi connectivity index (χ1n) is 9.71. The van der Waals surface area contributed by atoms with E-state index in [0.717, 1.165) is 27.0 Å². The SMILES string of the molecule is O=C1CN(S(=O)(=O)c2cc3ccc(Cl)cc3s2)CCN1Cc1ccc2ncnc(O)c2c1. The molecule has 0 unspecified atom stereocenters. The lowest BCUT2D eigenvalue weighted by molar-refractivity contribution is -0.134. The number of piperazine rings is 1. The number of amides is 1. The Bertz CT molecular complexity index is 1470. The van der Waals surface area contributed by atoms with Crippen LogP contribution in [0.2, 0.25) is 5.02 Å². The molecule has 0 spiro atoms. The third-order valence-corrected chi connectivity index (χ3v) is 9.02. The van der Waals surface area contributed by atoms with Gasteiger partial charge in [-0.1, -0.05) is 23.7 Å². The maximum atomic E-state index is 13.1. The van der Waals surface area contributed by atoms with Crippen molar-refractivity contribution in [2.24, 2.45) is 0 Å². The summed E-state index contributed by atoms with van der Waals surface area (Å²) in [5, 5.41) is 11.8. The number of rotatable bonds is 4. The van der Waals surface area contributed by atoms with Crippen LogP contribution in [0.1, 0.15) is 5.56 Å². The van der Waals surface area contributed by atoms with Crippen molar-refractivity contribution < 1.29 is 18.3 Å². The summed E-state index contributed by atoms with van der Waals surface area (Å²) in [7, 11) is -3.79. The van der Waals surface area contributed by atoms with Crippen LogP contribution in [0, 0.1) is 0 Å². The fourth-order valence-electron chi connectivity index (χ4n) is 3.70. The summed E-state index contributed by atoms with van der Waals surface area (Å²) >= 11 is 7.15. The van der Waals surface area contributed by atoms with Crippen molar-refractivity contribution in [1.82, 2.24) is 19.2 Å². The smallest absolute Gasteiger partial charge is 0.253 e. The molecule has 164 valence electrons. The summed E-state index contributed by atoms with van der Waals surface area (Å²) in [5.74, 6) is -0.402. The van der Waals surface area contributed by atoms with E-state index in [0.29, 0.717) is 22.5 Å². The Morgan fingerprint density at radius 1 is 1.09 bits per heavy atom. The average Bonchev–Trinajstić information content (AvgIpc) is 3.20. The molecule has 3 heterocycles. The minimum atomic E-state index is -3.79. The van der Waals surface area contributed by atoms with Gasteiger partial charge in [0.2, 0.25) is 11.8 Å². The van der Waals surface area contributed by atoms with Gasteiger partial charge in [0.05, 0.1) is 17.4 Å². The van der Waals surface area contributed by atoms with Crippen molar-refractivity contribution >= 4 is 59.9 Å². The number of thiophene rings is 1. The van der Waals surface area contributed by atoms with E-state index in [4.69, 9.17) is 11.6 Å². The zero-order chi connectivity index (χ0) is 22.5. The van der Waals surface area contributed by atoms with Crippen molar-refractivity contribution in [3.63, 3.8) is 0 Å². The largest absolute Gasteiger partial charge is 0.493 e. The van der Waals surface area contributed by atoms with Crippen LogP contribution in [0.4, 0.5) is 0 Å². The van der Waals surface area contributed by atoms with Crippen LogP contribution in [0.3, 0.4) is 0 Å². The quantitative estimate of drug-likeness (QED) is 0.473. The number of aromatic nitrogens is 2. The highest BCUT2D eigenvalue weighted by Gasteiger charge is 2.34. The zero-order valence-corrected chi connectivity index (χ0v) is 19.0. The van der Waals surface area contributed by atoms with Gasteiger partial charge in [0.15, 0.2) is 0 Å². The molecule has 0 saturated carbocycles. The van der Waals surface area contributed by atoms with E-state index in [1.807, 2.05) is 6.07 Å². The summed E-state index contributed by atoms with van der Waals surface area (Å²) in [6.45, 7) is 0.548. The molecule has 0 radical (unpaired) electrons. The van der Waals surface area contributed by atoms with Crippen molar-refractivity contribution in [2.45, 2.75) is 10.8 Å². The van der Waals surface area contributed by atoms with Gasteiger partial charge in [0.25, 0.3) is 10.0 Å². The van der Waals surface area contributed by atoms with Gasteiger partial charge in [-0.25, -0.2) is 18.4 Å². The Morgan fingerprint density at radius 3 is 2.75 bits per heavy atom.